The molecular formula is C35H34Cl2FN7O6. The number of carbonyl (C=O) groups excluding carboxylic acids is 1. The molecule has 1 aliphatic rings. The molecule has 5 aromatic rings. The van der Waals surface area contributed by atoms with Crippen LogP contribution >= 0.6 is 23.2 Å². The summed E-state index contributed by atoms with van der Waals surface area (Å²) in [6.07, 6.45) is 1.22. The molecular weight excluding hydrogens is 704 g/mol. The number of aliphatic hydroxyl groups is 1. The molecule has 13 nitrogen and oxygen atoms in total. The number of fused-ring (bicyclic) bond motifs is 1. The number of hydrogen-bond donors (Lipinski definition) is 4. The van der Waals surface area contributed by atoms with Crippen molar-refractivity contribution < 1.29 is 28.9 Å². The van der Waals surface area contributed by atoms with Gasteiger partial charge in [-0.15, -0.1) is 0 Å². The lowest BCUT2D eigenvalue weighted by atomic mass is 9.97. The van der Waals surface area contributed by atoms with Gasteiger partial charge < -0.3 is 30.5 Å². The van der Waals surface area contributed by atoms with E-state index in [2.05, 4.69) is 20.7 Å². The predicted molar refractivity (Wildman–Crippen MR) is 189 cm³/mol. The lowest BCUT2D eigenvalue weighted by Gasteiger charge is -2.24. The van der Waals surface area contributed by atoms with Gasteiger partial charge in [-0.1, -0.05) is 59.6 Å². The molecule has 3 aromatic heterocycles. The van der Waals surface area contributed by atoms with Gasteiger partial charge in [0.2, 0.25) is 11.8 Å². The average molecular weight is 739 g/mol. The van der Waals surface area contributed by atoms with Gasteiger partial charge in [-0.05, 0) is 12.5 Å². The van der Waals surface area contributed by atoms with Crippen molar-refractivity contribution in [1.29, 1.82) is 0 Å². The zero-order valence-corrected chi connectivity index (χ0v) is 29.1. The highest BCUT2D eigenvalue weighted by Gasteiger charge is 2.28. The Balaban J connectivity index is 1.33. The third-order valence-corrected chi connectivity index (χ3v) is 9.57. The number of halogens is 3. The SMILES string of the molecule is COc1nc(-c2cccc(-c3cccc(-c4cc5c(=O)n(C)c(CNCCO)nn5c4)c3Cl)c2Cl)cc(F)c1CN(CC1CCC(=O)N1)C(=O)O. The van der Waals surface area contributed by atoms with Gasteiger partial charge in [0.1, 0.15) is 17.2 Å². The molecule has 1 fully saturated rings. The number of aromatic nitrogens is 4. The first-order valence-corrected chi connectivity index (χ1v) is 16.7. The van der Waals surface area contributed by atoms with E-state index in [9.17, 15) is 19.5 Å². The second-order valence-corrected chi connectivity index (χ2v) is 12.8. The van der Waals surface area contributed by atoms with Crippen molar-refractivity contribution in [3.8, 4) is 39.4 Å². The molecule has 0 spiro atoms. The van der Waals surface area contributed by atoms with Gasteiger partial charge in [0, 0.05) is 72.7 Å². The quantitative estimate of drug-likeness (QED) is 0.133. The van der Waals surface area contributed by atoms with Gasteiger partial charge in [0.15, 0.2) is 0 Å². The minimum Gasteiger partial charge on any atom is -0.481 e. The number of ether oxygens (including phenoxy) is 1. The summed E-state index contributed by atoms with van der Waals surface area (Å²) in [6.45, 7) is 0.234. The van der Waals surface area contributed by atoms with Crippen molar-refractivity contribution >= 4 is 40.7 Å². The molecule has 1 aliphatic heterocycles. The first-order chi connectivity index (χ1) is 24.5. The summed E-state index contributed by atoms with van der Waals surface area (Å²) in [5, 5.41) is 29.8. The number of rotatable bonds is 12. The van der Waals surface area contributed by atoms with E-state index < -0.39 is 11.9 Å². The van der Waals surface area contributed by atoms with E-state index in [1.54, 1.807) is 49.6 Å². The third-order valence-electron chi connectivity index (χ3n) is 8.75. The fraction of sp³-hybridized carbons (Fsp3) is 0.286. The van der Waals surface area contributed by atoms with Crippen LogP contribution in [-0.2, 0) is 24.9 Å². The molecule has 1 unspecified atom stereocenters. The Bertz CT molecular complexity index is 2210. The molecule has 2 amide bonds. The van der Waals surface area contributed by atoms with Gasteiger partial charge >= 0.3 is 6.09 Å². The van der Waals surface area contributed by atoms with Crippen molar-refractivity contribution in [3.05, 3.63) is 92.3 Å². The Morgan fingerprint density at radius 3 is 2.45 bits per heavy atom. The number of pyridine rings is 1. The van der Waals surface area contributed by atoms with Crippen LogP contribution in [0.5, 0.6) is 5.88 Å². The molecule has 2 aromatic carbocycles. The van der Waals surface area contributed by atoms with Gasteiger partial charge in [-0.2, -0.15) is 5.10 Å². The third kappa shape index (κ3) is 7.26. The second kappa shape index (κ2) is 15.1. The summed E-state index contributed by atoms with van der Waals surface area (Å²) in [7, 11) is 2.94. The highest BCUT2D eigenvalue weighted by atomic mass is 35.5. The smallest absolute Gasteiger partial charge is 0.407 e. The molecule has 0 saturated carbocycles. The van der Waals surface area contributed by atoms with Crippen LogP contribution in [0.4, 0.5) is 9.18 Å². The first kappa shape index (κ1) is 35.8. The second-order valence-electron chi connectivity index (χ2n) is 12.0. The molecule has 0 bridgehead atoms. The predicted octanol–water partition coefficient (Wildman–Crippen LogP) is 4.72. The summed E-state index contributed by atoms with van der Waals surface area (Å²) in [4.78, 5) is 42.3. The maximum Gasteiger partial charge on any atom is 0.407 e. The highest BCUT2D eigenvalue weighted by molar-refractivity contribution is 6.39. The fourth-order valence-electron chi connectivity index (χ4n) is 6.11. The number of aliphatic hydroxyl groups excluding tert-OH is 1. The lowest BCUT2D eigenvalue weighted by Crippen LogP contribution is -2.41. The summed E-state index contributed by atoms with van der Waals surface area (Å²) in [5.41, 5.74) is 2.96. The van der Waals surface area contributed by atoms with E-state index in [4.69, 9.17) is 33.0 Å². The summed E-state index contributed by atoms with van der Waals surface area (Å²) >= 11 is 14.0. The highest BCUT2D eigenvalue weighted by Crippen LogP contribution is 2.43. The maximum absolute atomic E-state index is 15.8. The number of methoxy groups -OCH3 is 1. The minimum atomic E-state index is -1.28. The average Bonchev–Trinajstić information content (AvgIpc) is 3.73. The number of benzene rings is 2. The minimum absolute atomic E-state index is 0.0182. The first-order valence-electron chi connectivity index (χ1n) is 16.0. The summed E-state index contributed by atoms with van der Waals surface area (Å²) < 4.78 is 24.1. The van der Waals surface area contributed by atoms with E-state index in [0.717, 1.165) is 4.90 Å². The van der Waals surface area contributed by atoms with Crippen LogP contribution in [0.1, 0.15) is 24.2 Å². The molecule has 51 heavy (non-hydrogen) atoms. The fourth-order valence-corrected chi connectivity index (χ4v) is 6.77. The largest absolute Gasteiger partial charge is 0.481 e. The van der Waals surface area contributed by atoms with Crippen molar-refractivity contribution in [2.45, 2.75) is 32.0 Å². The number of nitrogens with one attached hydrogen (secondary N) is 2. The standard InChI is InChI=1S/C35H34Cl2FN7O6/c1-43-29(15-39-11-12-46)42-45-16-19(13-28(45)34(43)48)21-5-3-6-22(31(21)36)23-7-4-8-24(32(23)37)27-14-26(38)25(33(41-27)51-2)18-44(35(49)50)17-20-9-10-30(47)40-20/h3-8,13-14,16,20,39,46H,9-12,15,17-18H2,1-2H3,(H,40,47)(H,49,50). The van der Waals surface area contributed by atoms with Crippen LogP contribution in [0.25, 0.3) is 39.0 Å². The monoisotopic (exact) mass is 737 g/mol. The van der Waals surface area contributed by atoms with E-state index in [1.807, 2.05) is 6.07 Å². The number of carbonyl (C=O) groups is 2. The van der Waals surface area contributed by atoms with E-state index >= 15 is 4.39 Å². The van der Waals surface area contributed by atoms with Gasteiger partial charge in [-0.25, -0.2) is 18.7 Å². The molecule has 0 aliphatic carbocycles. The van der Waals surface area contributed by atoms with Crippen molar-refractivity contribution in [1.82, 2.24) is 34.7 Å². The zero-order chi connectivity index (χ0) is 36.4. The molecule has 0 radical (unpaired) electrons. The Morgan fingerprint density at radius 2 is 1.80 bits per heavy atom. The Morgan fingerprint density at radius 1 is 1.12 bits per heavy atom. The van der Waals surface area contributed by atoms with Gasteiger partial charge in [0.05, 0.1) is 48.1 Å². The molecule has 6 rings (SSSR count). The maximum atomic E-state index is 15.8. The number of carboxylic acid groups (broad SMARTS) is 1. The molecule has 266 valence electrons. The zero-order valence-electron chi connectivity index (χ0n) is 27.6. The number of hydrogen-bond acceptors (Lipinski definition) is 8. The molecule has 1 saturated heterocycles. The number of nitrogens with zero attached hydrogens (tertiary/aromatic N) is 5. The number of amides is 2. The molecule has 16 heteroatoms. The van der Waals surface area contributed by atoms with Crippen LogP contribution in [0.3, 0.4) is 0 Å². The summed E-state index contributed by atoms with van der Waals surface area (Å²) in [5.74, 6) is -0.526. The van der Waals surface area contributed by atoms with E-state index in [0.29, 0.717) is 63.6 Å². The molecule has 4 heterocycles. The van der Waals surface area contributed by atoms with Crippen molar-refractivity contribution in [3.63, 3.8) is 0 Å². The summed E-state index contributed by atoms with van der Waals surface area (Å²) in [6, 6.07) is 13.1. The topological polar surface area (TPSA) is 163 Å². The Kier molecular flexibility index (Phi) is 10.6. The normalized spacial score (nSPS) is 14.2. The van der Waals surface area contributed by atoms with Crippen LogP contribution in [0.15, 0.2) is 59.5 Å². The van der Waals surface area contributed by atoms with Crippen LogP contribution in [0.2, 0.25) is 10.0 Å². The van der Waals surface area contributed by atoms with Crippen molar-refractivity contribution in [2.24, 2.45) is 7.05 Å². The van der Waals surface area contributed by atoms with Crippen molar-refractivity contribution in [2.75, 3.05) is 26.8 Å². The van der Waals surface area contributed by atoms with E-state index in [-0.39, 0.29) is 65.9 Å². The molecule has 1 atom stereocenters. The van der Waals surface area contributed by atoms with Crippen LogP contribution in [0, 0.1) is 5.82 Å². The molecule has 4 N–H and O–H groups in total. The van der Waals surface area contributed by atoms with Gasteiger partial charge in [0.25, 0.3) is 5.56 Å². The lowest BCUT2D eigenvalue weighted by molar-refractivity contribution is -0.119. The van der Waals surface area contributed by atoms with E-state index in [1.165, 1.54) is 22.3 Å². The van der Waals surface area contributed by atoms with Crippen LogP contribution < -0.4 is 20.9 Å². The Hall–Kier alpha value is -5.02. The van der Waals surface area contributed by atoms with Crippen LogP contribution in [-0.4, -0.2) is 79.1 Å². The Labute approximate surface area is 301 Å². The van der Waals surface area contributed by atoms with Gasteiger partial charge in [-0.3, -0.25) is 14.2 Å².